The molecule has 2 aromatic rings. The van der Waals surface area contributed by atoms with E-state index in [4.69, 9.17) is 16.7 Å². The van der Waals surface area contributed by atoms with Gasteiger partial charge < -0.3 is 15.5 Å². The summed E-state index contributed by atoms with van der Waals surface area (Å²) in [7, 11) is 0. The van der Waals surface area contributed by atoms with Crippen LogP contribution in [0.5, 0.6) is 5.75 Å². The van der Waals surface area contributed by atoms with Crippen LogP contribution in [0.2, 0.25) is 5.15 Å². The fourth-order valence-electron chi connectivity index (χ4n) is 1.53. The highest BCUT2D eigenvalue weighted by molar-refractivity contribution is 6.33. The number of aromatic nitrogens is 1. The highest BCUT2D eigenvalue weighted by Gasteiger charge is 2.11. The number of amides is 1. The molecule has 0 aliphatic rings. The number of pyridine rings is 1. The lowest BCUT2D eigenvalue weighted by molar-refractivity contribution is -0.268. The largest absolute Gasteiger partial charge is 0.872 e. The Morgan fingerprint density at radius 2 is 2.00 bits per heavy atom. The van der Waals surface area contributed by atoms with Gasteiger partial charge in [0.1, 0.15) is 5.15 Å². The van der Waals surface area contributed by atoms with Crippen LogP contribution in [0, 0.1) is 0 Å². The van der Waals surface area contributed by atoms with Gasteiger partial charge in [-0.25, -0.2) is 9.78 Å². The highest BCUT2D eigenvalue weighted by atomic mass is 35.5. The molecule has 1 aromatic heterocycles. The number of rotatable bonds is 3. The van der Waals surface area contributed by atoms with Crippen molar-refractivity contribution in [3.8, 4) is 5.75 Å². The molecule has 102 valence electrons. The highest BCUT2D eigenvalue weighted by Crippen LogP contribution is 2.21. The van der Waals surface area contributed by atoms with E-state index in [0.29, 0.717) is 0 Å². The van der Waals surface area contributed by atoms with Gasteiger partial charge in [-0.2, -0.15) is 0 Å². The van der Waals surface area contributed by atoms with Gasteiger partial charge in [-0.3, -0.25) is 4.79 Å². The molecule has 0 atom stereocenters. The van der Waals surface area contributed by atoms with Crippen LogP contribution in [-0.4, -0.2) is 22.0 Å². The molecule has 0 aliphatic carbocycles. The van der Waals surface area contributed by atoms with E-state index in [2.05, 4.69) is 10.3 Å². The number of benzene rings is 1. The number of aromatic carboxylic acids is 1. The molecule has 1 aromatic carbocycles. The number of carboxylic acids is 1. The summed E-state index contributed by atoms with van der Waals surface area (Å²) in [6, 6.07) is 6.52. The lowest BCUT2D eigenvalue weighted by Crippen LogP contribution is -2.13. The number of hydrogen-bond donors (Lipinski definition) is 2. The van der Waals surface area contributed by atoms with Gasteiger partial charge in [-0.05, 0) is 30.3 Å². The van der Waals surface area contributed by atoms with Crippen molar-refractivity contribution in [2.75, 3.05) is 5.32 Å². The van der Waals surface area contributed by atoms with E-state index in [1.807, 2.05) is 0 Å². The van der Waals surface area contributed by atoms with Crippen LogP contribution < -0.4 is 10.4 Å². The molecule has 7 heteroatoms. The molecule has 6 nitrogen and oxygen atoms in total. The average molecular weight is 292 g/mol. The van der Waals surface area contributed by atoms with Gasteiger partial charge in [0, 0.05) is 11.9 Å². The summed E-state index contributed by atoms with van der Waals surface area (Å²) in [5.74, 6) is -2.54. The quantitative estimate of drug-likeness (QED) is 0.839. The lowest BCUT2D eigenvalue weighted by Gasteiger charge is -2.13. The standard InChI is InChI=1S/C13H9ClN2O4/c14-11-9(2-1-5-15-11)12(18)16-7-3-4-8(13(19)20)10(17)6-7/h1-6,17H,(H,16,18)(H,19,20)/p-1. The number of carbonyl (C=O) groups excluding carboxylic acids is 1. The third-order valence-electron chi connectivity index (χ3n) is 2.47. The first-order valence-electron chi connectivity index (χ1n) is 5.45. The Kier molecular flexibility index (Phi) is 3.86. The normalized spacial score (nSPS) is 10.1. The SMILES string of the molecule is O=C(O)c1ccc(NC(=O)c2cccnc2Cl)cc1[O-]. The minimum atomic E-state index is -1.32. The van der Waals surface area contributed by atoms with Crippen molar-refractivity contribution in [2.24, 2.45) is 0 Å². The van der Waals surface area contributed by atoms with Crippen LogP contribution in [0.1, 0.15) is 20.7 Å². The summed E-state index contributed by atoms with van der Waals surface area (Å²) < 4.78 is 0. The van der Waals surface area contributed by atoms with Crippen molar-refractivity contribution < 1.29 is 19.8 Å². The number of nitrogens with zero attached hydrogens (tertiary/aromatic N) is 1. The Morgan fingerprint density at radius 3 is 2.60 bits per heavy atom. The van der Waals surface area contributed by atoms with Crippen molar-refractivity contribution in [2.45, 2.75) is 0 Å². The van der Waals surface area contributed by atoms with Crippen LogP contribution >= 0.6 is 11.6 Å². The average Bonchev–Trinajstić information content (AvgIpc) is 2.38. The molecule has 0 saturated heterocycles. The Morgan fingerprint density at radius 1 is 1.25 bits per heavy atom. The van der Waals surface area contributed by atoms with E-state index < -0.39 is 17.6 Å². The molecule has 0 aliphatic heterocycles. The minimum Gasteiger partial charge on any atom is -0.872 e. The van der Waals surface area contributed by atoms with Crippen LogP contribution in [0.3, 0.4) is 0 Å². The zero-order valence-electron chi connectivity index (χ0n) is 9.96. The summed E-state index contributed by atoms with van der Waals surface area (Å²) in [5.41, 5.74) is -0.0174. The molecule has 0 unspecified atom stereocenters. The number of anilines is 1. The summed E-state index contributed by atoms with van der Waals surface area (Å²) in [5, 5.41) is 22.7. The second-order valence-corrected chi connectivity index (χ2v) is 4.17. The molecule has 0 saturated carbocycles. The van der Waals surface area contributed by atoms with Crippen molar-refractivity contribution in [3.63, 3.8) is 0 Å². The maximum absolute atomic E-state index is 11.9. The molecule has 0 fully saturated rings. The predicted molar refractivity (Wildman–Crippen MR) is 70.0 cm³/mol. The van der Waals surface area contributed by atoms with E-state index in [-0.39, 0.29) is 22.0 Å². The van der Waals surface area contributed by atoms with Crippen LogP contribution in [0.25, 0.3) is 0 Å². The molecule has 2 rings (SSSR count). The van der Waals surface area contributed by atoms with E-state index in [1.165, 1.54) is 18.3 Å². The maximum Gasteiger partial charge on any atom is 0.335 e. The number of halogens is 1. The molecular weight excluding hydrogens is 284 g/mol. The van der Waals surface area contributed by atoms with Gasteiger partial charge in [-0.1, -0.05) is 17.4 Å². The van der Waals surface area contributed by atoms with Gasteiger partial charge in [0.15, 0.2) is 0 Å². The van der Waals surface area contributed by atoms with Gasteiger partial charge in [0.05, 0.1) is 11.1 Å². The molecule has 0 spiro atoms. The predicted octanol–water partition coefficient (Wildman–Crippen LogP) is 1.76. The molecule has 0 radical (unpaired) electrons. The van der Waals surface area contributed by atoms with Gasteiger partial charge in [-0.15, -0.1) is 0 Å². The first-order valence-corrected chi connectivity index (χ1v) is 5.83. The van der Waals surface area contributed by atoms with E-state index in [9.17, 15) is 14.7 Å². The van der Waals surface area contributed by atoms with E-state index in [0.717, 1.165) is 12.1 Å². The fraction of sp³-hybridized carbons (Fsp3) is 0. The first-order chi connectivity index (χ1) is 9.49. The zero-order chi connectivity index (χ0) is 14.7. The van der Waals surface area contributed by atoms with Crippen molar-refractivity contribution in [1.29, 1.82) is 0 Å². The van der Waals surface area contributed by atoms with Crippen molar-refractivity contribution in [1.82, 2.24) is 4.98 Å². The molecule has 1 amide bonds. The molecule has 20 heavy (non-hydrogen) atoms. The van der Waals surface area contributed by atoms with Gasteiger partial charge >= 0.3 is 5.97 Å². The summed E-state index contributed by atoms with van der Waals surface area (Å²) in [6.07, 6.45) is 1.44. The maximum atomic E-state index is 11.9. The summed E-state index contributed by atoms with van der Waals surface area (Å²) >= 11 is 5.77. The lowest BCUT2D eigenvalue weighted by atomic mass is 10.1. The van der Waals surface area contributed by atoms with Crippen LogP contribution in [-0.2, 0) is 0 Å². The van der Waals surface area contributed by atoms with E-state index in [1.54, 1.807) is 6.07 Å². The Hall–Kier alpha value is -2.60. The van der Waals surface area contributed by atoms with Crippen molar-refractivity contribution >= 4 is 29.2 Å². The second-order valence-electron chi connectivity index (χ2n) is 3.81. The number of nitrogens with one attached hydrogen (secondary N) is 1. The Bertz CT molecular complexity index is 688. The summed E-state index contributed by atoms with van der Waals surface area (Å²) in [4.78, 5) is 26.4. The molecular formula is C13H8ClN2O4-. The topological polar surface area (TPSA) is 102 Å². The van der Waals surface area contributed by atoms with Crippen LogP contribution in [0.15, 0.2) is 36.5 Å². The molecule has 2 N–H and O–H groups in total. The minimum absolute atomic E-state index is 0.0366. The third kappa shape index (κ3) is 2.86. The van der Waals surface area contributed by atoms with Gasteiger partial charge in [0.2, 0.25) is 0 Å². The molecule has 1 heterocycles. The molecule has 0 bridgehead atoms. The second kappa shape index (κ2) is 5.58. The zero-order valence-corrected chi connectivity index (χ0v) is 10.7. The summed E-state index contributed by atoms with van der Waals surface area (Å²) in [6.45, 7) is 0. The monoisotopic (exact) mass is 291 g/mol. The third-order valence-corrected chi connectivity index (χ3v) is 2.77. The Balaban J connectivity index is 2.23. The number of hydrogen-bond acceptors (Lipinski definition) is 4. The fourth-order valence-corrected chi connectivity index (χ4v) is 1.74. The van der Waals surface area contributed by atoms with Gasteiger partial charge in [0.25, 0.3) is 5.91 Å². The van der Waals surface area contributed by atoms with Crippen LogP contribution in [0.4, 0.5) is 5.69 Å². The first kappa shape index (κ1) is 13.8. The number of carbonyl (C=O) groups is 2. The number of carboxylic acid groups (broad SMARTS) is 1. The van der Waals surface area contributed by atoms with E-state index >= 15 is 0 Å². The van der Waals surface area contributed by atoms with Crippen molar-refractivity contribution in [3.05, 3.63) is 52.8 Å². The Labute approximate surface area is 118 Å². The smallest absolute Gasteiger partial charge is 0.335 e.